The lowest BCUT2D eigenvalue weighted by Crippen LogP contribution is -2.45. The van der Waals surface area contributed by atoms with Crippen molar-refractivity contribution in [2.45, 2.75) is 38.5 Å². The molecule has 1 aliphatic rings. The van der Waals surface area contributed by atoms with E-state index in [4.69, 9.17) is 5.11 Å². The predicted octanol–water partition coefficient (Wildman–Crippen LogP) is 3.00. The first-order valence-corrected chi connectivity index (χ1v) is 8.43. The van der Waals surface area contributed by atoms with Gasteiger partial charge in [-0.1, -0.05) is 26.0 Å². The number of carboxylic acids is 1. The van der Waals surface area contributed by atoms with Crippen LogP contribution < -0.4 is 5.32 Å². The molecule has 0 aliphatic carbocycles. The van der Waals surface area contributed by atoms with Crippen molar-refractivity contribution < 1.29 is 19.1 Å². The van der Waals surface area contributed by atoms with E-state index in [2.05, 4.69) is 19.2 Å². The summed E-state index contributed by atoms with van der Waals surface area (Å²) < 4.78 is 13.2. The van der Waals surface area contributed by atoms with Crippen molar-refractivity contribution >= 4 is 12.0 Å². The first-order chi connectivity index (χ1) is 11.4. The molecule has 0 spiro atoms. The van der Waals surface area contributed by atoms with Gasteiger partial charge in [-0.2, -0.15) is 0 Å². The van der Waals surface area contributed by atoms with Gasteiger partial charge in [0, 0.05) is 25.0 Å². The van der Waals surface area contributed by atoms with Gasteiger partial charge < -0.3 is 15.3 Å². The summed E-state index contributed by atoms with van der Waals surface area (Å²) in [5.41, 5.74) is 0.744. The molecule has 0 bridgehead atoms. The smallest absolute Gasteiger partial charge is 0.317 e. The maximum atomic E-state index is 13.2. The van der Waals surface area contributed by atoms with Gasteiger partial charge in [0.2, 0.25) is 0 Å². The van der Waals surface area contributed by atoms with Gasteiger partial charge in [0.05, 0.1) is 5.92 Å². The molecule has 1 aromatic rings. The molecule has 0 saturated carbocycles. The van der Waals surface area contributed by atoms with Gasteiger partial charge in [-0.15, -0.1) is 0 Å². The number of aliphatic carboxylic acids is 1. The molecule has 1 aromatic carbocycles. The van der Waals surface area contributed by atoms with Gasteiger partial charge >= 0.3 is 12.0 Å². The summed E-state index contributed by atoms with van der Waals surface area (Å²) in [6.07, 6.45) is 2.12. The van der Waals surface area contributed by atoms with Crippen LogP contribution in [0.3, 0.4) is 0 Å². The van der Waals surface area contributed by atoms with Crippen LogP contribution in [0.1, 0.15) is 38.7 Å². The number of hydrogen-bond acceptors (Lipinski definition) is 2. The summed E-state index contributed by atoms with van der Waals surface area (Å²) in [6.45, 7) is 5.26. The first-order valence-electron chi connectivity index (χ1n) is 8.43. The van der Waals surface area contributed by atoms with Gasteiger partial charge in [-0.3, -0.25) is 4.79 Å². The fourth-order valence-electron chi connectivity index (χ4n) is 3.32. The van der Waals surface area contributed by atoms with E-state index in [0.717, 1.165) is 18.4 Å². The highest BCUT2D eigenvalue weighted by Gasteiger charge is 2.33. The highest BCUT2D eigenvalue weighted by atomic mass is 19.1. The minimum atomic E-state index is -0.854. The van der Waals surface area contributed by atoms with Crippen molar-refractivity contribution in [3.8, 4) is 0 Å². The molecule has 1 unspecified atom stereocenters. The molecule has 0 radical (unpaired) electrons. The average Bonchev–Trinajstić information content (AvgIpc) is 3.08. The van der Waals surface area contributed by atoms with Crippen molar-refractivity contribution in [2.24, 2.45) is 5.92 Å². The molecule has 1 aliphatic heterocycles. The van der Waals surface area contributed by atoms with Crippen LogP contribution in [0.25, 0.3) is 0 Å². The van der Waals surface area contributed by atoms with Gasteiger partial charge in [-0.25, -0.2) is 9.18 Å². The maximum absolute atomic E-state index is 13.2. The van der Waals surface area contributed by atoms with Gasteiger partial charge in [0.1, 0.15) is 5.82 Å². The SMILES string of the molecule is CCC(CC)(CNC(=O)N1CCC(C(=O)O)C1)c1ccc(F)cc1. The summed E-state index contributed by atoms with van der Waals surface area (Å²) in [7, 11) is 0. The van der Waals surface area contributed by atoms with Crippen molar-refractivity contribution in [3.05, 3.63) is 35.6 Å². The largest absolute Gasteiger partial charge is 0.481 e. The Hall–Kier alpha value is -2.11. The Morgan fingerprint density at radius 2 is 1.92 bits per heavy atom. The van der Waals surface area contributed by atoms with E-state index in [0.29, 0.717) is 19.5 Å². The number of benzene rings is 1. The Balaban J connectivity index is 2.02. The normalized spacial score (nSPS) is 17.8. The molecule has 2 rings (SSSR count). The Labute approximate surface area is 141 Å². The Morgan fingerprint density at radius 1 is 1.29 bits per heavy atom. The number of amides is 2. The number of carbonyl (C=O) groups excluding carboxylic acids is 1. The van der Waals surface area contributed by atoms with Crippen molar-refractivity contribution in [2.75, 3.05) is 19.6 Å². The minimum absolute atomic E-state index is 0.230. The summed E-state index contributed by atoms with van der Waals surface area (Å²) in [5, 5.41) is 12.0. The van der Waals surface area contributed by atoms with E-state index < -0.39 is 11.9 Å². The van der Waals surface area contributed by atoms with Crippen molar-refractivity contribution in [3.63, 3.8) is 0 Å². The van der Waals surface area contributed by atoms with Gasteiger partial charge in [-0.05, 0) is 37.0 Å². The minimum Gasteiger partial charge on any atom is -0.481 e. The maximum Gasteiger partial charge on any atom is 0.317 e. The van der Waals surface area contributed by atoms with Crippen LogP contribution in [0, 0.1) is 11.7 Å². The molecule has 1 atom stereocenters. The molecular formula is C18H25FN2O3. The number of carboxylic acid groups (broad SMARTS) is 1. The fraction of sp³-hybridized carbons (Fsp3) is 0.556. The standard InChI is InChI=1S/C18H25FN2O3/c1-3-18(4-2,14-5-7-15(19)8-6-14)12-20-17(24)21-10-9-13(11-21)16(22)23/h5-8,13H,3-4,9-12H2,1-2H3,(H,20,24)(H,22,23). The van der Waals surface area contributed by atoms with E-state index in [1.807, 2.05) is 0 Å². The molecular weight excluding hydrogens is 311 g/mol. The van der Waals surface area contributed by atoms with Crippen molar-refractivity contribution in [1.29, 1.82) is 0 Å². The number of hydrogen-bond donors (Lipinski definition) is 2. The number of halogens is 1. The second-order valence-electron chi connectivity index (χ2n) is 6.42. The number of nitrogens with zero attached hydrogens (tertiary/aromatic N) is 1. The monoisotopic (exact) mass is 336 g/mol. The molecule has 2 amide bonds. The molecule has 24 heavy (non-hydrogen) atoms. The second-order valence-corrected chi connectivity index (χ2v) is 6.42. The van der Waals surface area contributed by atoms with Crippen LogP contribution in [-0.4, -0.2) is 41.6 Å². The van der Waals surface area contributed by atoms with Gasteiger partial charge in [0.25, 0.3) is 0 Å². The fourth-order valence-corrected chi connectivity index (χ4v) is 3.32. The third kappa shape index (κ3) is 3.86. The second kappa shape index (κ2) is 7.64. The van der Waals surface area contributed by atoms with E-state index >= 15 is 0 Å². The van der Waals surface area contributed by atoms with Crippen molar-refractivity contribution in [1.82, 2.24) is 10.2 Å². The Bertz CT molecular complexity index is 584. The third-order valence-electron chi connectivity index (χ3n) is 5.21. The van der Waals surface area contributed by atoms with Crippen LogP contribution in [0.5, 0.6) is 0 Å². The van der Waals surface area contributed by atoms with Crippen LogP contribution in [0.15, 0.2) is 24.3 Å². The quantitative estimate of drug-likeness (QED) is 0.839. The lowest BCUT2D eigenvalue weighted by Gasteiger charge is -2.33. The first kappa shape index (κ1) is 18.2. The van der Waals surface area contributed by atoms with E-state index in [1.165, 1.54) is 12.1 Å². The van der Waals surface area contributed by atoms with Crippen LogP contribution >= 0.6 is 0 Å². The molecule has 5 nitrogen and oxygen atoms in total. The highest BCUT2D eigenvalue weighted by molar-refractivity contribution is 5.77. The molecule has 6 heteroatoms. The van der Waals surface area contributed by atoms with Gasteiger partial charge in [0.15, 0.2) is 0 Å². The zero-order valence-electron chi connectivity index (χ0n) is 14.2. The van der Waals surface area contributed by atoms with E-state index in [1.54, 1.807) is 17.0 Å². The van der Waals surface area contributed by atoms with E-state index in [9.17, 15) is 14.0 Å². The molecule has 0 aromatic heterocycles. The van der Waals surface area contributed by atoms with E-state index in [-0.39, 0.29) is 23.8 Å². The number of urea groups is 1. The molecule has 1 saturated heterocycles. The molecule has 2 N–H and O–H groups in total. The Kier molecular flexibility index (Phi) is 5.80. The average molecular weight is 336 g/mol. The van der Waals surface area contributed by atoms with Crippen LogP contribution in [-0.2, 0) is 10.2 Å². The molecule has 1 fully saturated rings. The zero-order chi connectivity index (χ0) is 17.7. The summed E-state index contributed by atoms with van der Waals surface area (Å²) in [4.78, 5) is 24.9. The molecule has 1 heterocycles. The number of rotatable bonds is 6. The summed E-state index contributed by atoms with van der Waals surface area (Å²) >= 11 is 0. The number of nitrogens with one attached hydrogen (secondary N) is 1. The topological polar surface area (TPSA) is 69.6 Å². The Morgan fingerprint density at radius 3 is 2.42 bits per heavy atom. The molecule has 132 valence electrons. The zero-order valence-corrected chi connectivity index (χ0v) is 14.2. The third-order valence-corrected chi connectivity index (χ3v) is 5.21. The highest BCUT2D eigenvalue weighted by Crippen LogP contribution is 2.31. The number of carbonyl (C=O) groups is 2. The lowest BCUT2D eigenvalue weighted by atomic mass is 9.76. The van der Waals surface area contributed by atoms with Crippen LogP contribution in [0.4, 0.5) is 9.18 Å². The summed E-state index contributed by atoms with van der Waals surface area (Å²) in [6, 6.07) is 6.19. The lowest BCUT2D eigenvalue weighted by molar-refractivity contribution is -0.141. The van der Waals surface area contributed by atoms with Crippen LogP contribution in [0.2, 0.25) is 0 Å². The number of likely N-dealkylation sites (tertiary alicyclic amines) is 1. The predicted molar refractivity (Wildman–Crippen MR) is 89.4 cm³/mol. The summed E-state index contributed by atoms with van der Waals surface area (Å²) in [5.74, 6) is -1.61.